The zero-order chi connectivity index (χ0) is 17.8. The largest absolute Gasteiger partial charge is 0.340 e. The summed E-state index contributed by atoms with van der Waals surface area (Å²) in [4.78, 5) is 29.2. The number of piperazine rings is 1. The van der Waals surface area contributed by atoms with E-state index in [-0.39, 0.29) is 29.3 Å². The van der Waals surface area contributed by atoms with Crippen molar-refractivity contribution in [2.24, 2.45) is 11.8 Å². The predicted molar refractivity (Wildman–Crippen MR) is 94.6 cm³/mol. The Kier molecular flexibility index (Phi) is 5.68. The third-order valence-corrected chi connectivity index (χ3v) is 5.39. The quantitative estimate of drug-likeness (QED) is 0.913. The second-order valence-electron chi connectivity index (χ2n) is 7.15. The van der Waals surface area contributed by atoms with Gasteiger partial charge in [0, 0.05) is 38.0 Å². The van der Waals surface area contributed by atoms with Crippen LogP contribution >= 0.6 is 0 Å². The zero-order valence-electron chi connectivity index (χ0n) is 14.7. The van der Waals surface area contributed by atoms with E-state index in [2.05, 4.69) is 17.3 Å². The molecule has 0 aromatic heterocycles. The number of carbonyl (C=O) groups excluding carboxylic acids is 2. The number of nitrogens with one attached hydrogen (secondary N) is 1. The van der Waals surface area contributed by atoms with Gasteiger partial charge < -0.3 is 15.1 Å². The number of nitrogens with zero attached hydrogens (tertiary/aromatic N) is 2. The summed E-state index contributed by atoms with van der Waals surface area (Å²) in [5.74, 6) is -0.441. The first-order valence-corrected chi connectivity index (χ1v) is 9.07. The summed E-state index contributed by atoms with van der Waals surface area (Å²) in [5.41, 5.74) is 0.225. The summed E-state index contributed by atoms with van der Waals surface area (Å²) >= 11 is 0. The van der Waals surface area contributed by atoms with Gasteiger partial charge in [-0.25, -0.2) is 4.39 Å². The molecule has 0 unspecified atom stereocenters. The first-order chi connectivity index (χ1) is 12.0. The highest BCUT2D eigenvalue weighted by molar-refractivity contribution is 5.92. The highest BCUT2D eigenvalue weighted by atomic mass is 19.1. The molecule has 25 heavy (non-hydrogen) atoms. The summed E-state index contributed by atoms with van der Waals surface area (Å²) in [6, 6.07) is 6.20. The van der Waals surface area contributed by atoms with E-state index >= 15 is 0 Å². The molecule has 1 heterocycles. The Morgan fingerprint density at radius 2 is 1.60 bits per heavy atom. The van der Waals surface area contributed by atoms with E-state index in [4.69, 9.17) is 0 Å². The van der Waals surface area contributed by atoms with Crippen LogP contribution in [0.25, 0.3) is 0 Å². The van der Waals surface area contributed by atoms with Gasteiger partial charge in [0.2, 0.25) is 11.8 Å². The van der Waals surface area contributed by atoms with Gasteiger partial charge >= 0.3 is 0 Å². The first kappa shape index (κ1) is 17.9. The van der Waals surface area contributed by atoms with E-state index in [0.717, 1.165) is 39.0 Å². The Bertz CT molecular complexity index is 621. The van der Waals surface area contributed by atoms with E-state index in [0.29, 0.717) is 12.8 Å². The molecule has 1 aliphatic heterocycles. The fourth-order valence-corrected chi connectivity index (χ4v) is 3.68. The van der Waals surface area contributed by atoms with Crippen LogP contribution in [0.1, 0.15) is 25.7 Å². The minimum absolute atomic E-state index is 0.0286. The zero-order valence-corrected chi connectivity index (χ0v) is 14.7. The number of hydrogen-bond donors (Lipinski definition) is 1. The monoisotopic (exact) mass is 347 g/mol. The van der Waals surface area contributed by atoms with Crippen molar-refractivity contribution >= 4 is 17.5 Å². The fourth-order valence-electron chi connectivity index (χ4n) is 3.68. The molecule has 2 aliphatic rings. The molecule has 1 aromatic rings. The maximum Gasteiger partial charge on any atom is 0.227 e. The molecule has 1 aromatic carbocycles. The lowest BCUT2D eigenvalue weighted by molar-refractivity contribution is -0.139. The lowest BCUT2D eigenvalue weighted by Crippen LogP contribution is -2.49. The van der Waals surface area contributed by atoms with Gasteiger partial charge in [-0.05, 0) is 44.9 Å². The third kappa shape index (κ3) is 4.37. The lowest BCUT2D eigenvalue weighted by atomic mass is 9.80. The van der Waals surface area contributed by atoms with E-state index in [1.807, 2.05) is 4.90 Å². The topological polar surface area (TPSA) is 52.7 Å². The highest BCUT2D eigenvalue weighted by Crippen LogP contribution is 2.31. The summed E-state index contributed by atoms with van der Waals surface area (Å²) in [6.07, 6.45) is 2.84. The van der Waals surface area contributed by atoms with Crippen LogP contribution in [0, 0.1) is 17.7 Å². The number of para-hydroxylation sites is 1. The number of hydrogen-bond acceptors (Lipinski definition) is 3. The molecular weight excluding hydrogens is 321 g/mol. The molecule has 136 valence electrons. The van der Waals surface area contributed by atoms with Crippen molar-refractivity contribution in [1.82, 2.24) is 9.80 Å². The van der Waals surface area contributed by atoms with Gasteiger partial charge in [-0.3, -0.25) is 9.59 Å². The number of rotatable bonds is 3. The molecule has 2 fully saturated rings. The van der Waals surface area contributed by atoms with Crippen LogP contribution in [-0.2, 0) is 9.59 Å². The second-order valence-corrected chi connectivity index (χ2v) is 7.15. The van der Waals surface area contributed by atoms with Gasteiger partial charge in [-0.15, -0.1) is 0 Å². The van der Waals surface area contributed by atoms with Crippen molar-refractivity contribution in [2.75, 3.05) is 38.5 Å². The Labute approximate surface area is 148 Å². The summed E-state index contributed by atoms with van der Waals surface area (Å²) < 4.78 is 13.7. The molecule has 0 atom stereocenters. The van der Waals surface area contributed by atoms with Crippen LogP contribution in [0.3, 0.4) is 0 Å². The van der Waals surface area contributed by atoms with Crippen LogP contribution in [0.15, 0.2) is 24.3 Å². The van der Waals surface area contributed by atoms with Gasteiger partial charge in [-0.2, -0.15) is 0 Å². The summed E-state index contributed by atoms with van der Waals surface area (Å²) in [5, 5.41) is 2.68. The number of anilines is 1. The molecule has 5 nitrogen and oxygen atoms in total. The molecule has 1 N–H and O–H groups in total. The Morgan fingerprint density at radius 3 is 2.24 bits per heavy atom. The van der Waals surface area contributed by atoms with Crippen molar-refractivity contribution in [2.45, 2.75) is 25.7 Å². The minimum Gasteiger partial charge on any atom is -0.340 e. The van der Waals surface area contributed by atoms with Crippen LogP contribution in [0.2, 0.25) is 0 Å². The average molecular weight is 347 g/mol. The predicted octanol–water partition coefficient (Wildman–Crippen LogP) is 2.34. The third-order valence-electron chi connectivity index (χ3n) is 5.39. The van der Waals surface area contributed by atoms with E-state index < -0.39 is 5.82 Å². The van der Waals surface area contributed by atoms with Crippen LogP contribution in [0.4, 0.5) is 10.1 Å². The normalized spacial score (nSPS) is 24.8. The molecule has 3 rings (SSSR count). The molecule has 1 saturated heterocycles. The average Bonchev–Trinajstić information content (AvgIpc) is 2.64. The number of carbonyl (C=O) groups is 2. The molecule has 1 saturated carbocycles. The SMILES string of the molecule is CN1CCN(C(=O)C2CCC(C(=O)Nc3ccccc3F)CC2)CC1. The second kappa shape index (κ2) is 7.95. The molecule has 1 aliphatic carbocycles. The van der Waals surface area contributed by atoms with E-state index in [9.17, 15) is 14.0 Å². The smallest absolute Gasteiger partial charge is 0.227 e. The minimum atomic E-state index is -0.421. The van der Waals surface area contributed by atoms with E-state index in [1.54, 1.807) is 18.2 Å². The van der Waals surface area contributed by atoms with Crippen molar-refractivity contribution in [3.8, 4) is 0 Å². The van der Waals surface area contributed by atoms with Crippen molar-refractivity contribution in [3.05, 3.63) is 30.1 Å². The van der Waals surface area contributed by atoms with Crippen LogP contribution in [-0.4, -0.2) is 54.8 Å². The Balaban J connectivity index is 1.49. The molecule has 0 radical (unpaired) electrons. The summed E-state index contributed by atoms with van der Waals surface area (Å²) in [6.45, 7) is 3.43. The lowest BCUT2D eigenvalue weighted by Gasteiger charge is -2.36. The van der Waals surface area contributed by atoms with Crippen molar-refractivity contribution in [3.63, 3.8) is 0 Å². The molecule has 0 spiro atoms. The number of benzene rings is 1. The van der Waals surface area contributed by atoms with Crippen molar-refractivity contribution < 1.29 is 14.0 Å². The molecular formula is C19H26FN3O2. The number of halogens is 1. The summed E-state index contributed by atoms with van der Waals surface area (Å²) in [7, 11) is 2.07. The number of amides is 2. The standard InChI is InChI=1S/C19H26FN3O2/c1-22-10-12-23(13-11-22)19(25)15-8-6-14(7-9-15)18(24)21-17-5-3-2-4-16(17)20/h2-5,14-15H,6-13H2,1H3,(H,21,24). The maximum atomic E-state index is 13.7. The Morgan fingerprint density at radius 1 is 1.00 bits per heavy atom. The van der Waals surface area contributed by atoms with Gasteiger partial charge in [0.05, 0.1) is 5.69 Å². The van der Waals surface area contributed by atoms with E-state index in [1.165, 1.54) is 6.07 Å². The van der Waals surface area contributed by atoms with Gasteiger partial charge in [0.1, 0.15) is 5.82 Å². The number of likely N-dealkylation sites (N-methyl/N-ethyl adjacent to an activating group) is 1. The Hall–Kier alpha value is -1.95. The molecule has 6 heteroatoms. The maximum absolute atomic E-state index is 13.7. The van der Waals surface area contributed by atoms with Gasteiger partial charge in [0.15, 0.2) is 0 Å². The molecule has 0 bridgehead atoms. The first-order valence-electron chi connectivity index (χ1n) is 9.07. The van der Waals surface area contributed by atoms with Crippen molar-refractivity contribution in [1.29, 1.82) is 0 Å². The van der Waals surface area contributed by atoms with Gasteiger partial charge in [-0.1, -0.05) is 12.1 Å². The highest BCUT2D eigenvalue weighted by Gasteiger charge is 2.33. The molecule has 2 amide bonds. The van der Waals surface area contributed by atoms with Crippen LogP contribution < -0.4 is 5.32 Å². The van der Waals surface area contributed by atoms with Gasteiger partial charge in [0.25, 0.3) is 0 Å². The fraction of sp³-hybridized carbons (Fsp3) is 0.579. The van der Waals surface area contributed by atoms with Crippen LogP contribution in [0.5, 0.6) is 0 Å².